The second-order valence-corrected chi connectivity index (χ2v) is 2.12. The zero-order valence-electron chi connectivity index (χ0n) is 6.49. The van der Waals surface area contributed by atoms with Gasteiger partial charge in [-0.1, -0.05) is 5.92 Å². The number of aliphatic hydroxyl groups is 1. The summed E-state index contributed by atoms with van der Waals surface area (Å²) in [6.45, 7) is 0.0649. The van der Waals surface area contributed by atoms with E-state index in [2.05, 4.69) is 22.0 Å². The van der Waals surface area contributed by atoms with Crippen molar-refractivity contribution in [1.29, 1.82) is 0 Å². The molecule has 0 aliphatic rings. The SMILES string of the molecule is Nc1ccc(C#CCCO)nn1. The van der Waals surface area contributed by atoms with Crippen LogP contribution >= 0.6 is 0 Å². The Labute approximate surface area is 70.4 Å². The van der Waals surface area contributed by atoms with Gasteiger partial charge in [0.15, 0.2) is 0 Å². The summed E-state index contributed by atoms with van der Waals surface area (Å²) in [5, 5.41) is 15.8. The maximum absolute atomic E-state index is 8.43. The second kappa shape index (κ2) is 4.31. The topological polar surface area (TPSA) is 72.0 Å². The summed E-state index contributed by atoms with van der Waals surface area (Å²) < 4.78 is 0. The van der Waals surface area contributed by atoms with Crippen molar-refractivity contribution in [2.75, 3.05) is 12.3 Å². The van der Waals surface area contributed by atoms with Crippen molar-refractivity contribution >= 4 is 5.82 Å². The van der Waals surface area contributed by atoms with Gasteiger partial charge >= 0.3 is 0 Å². The molecule has 0 aliphatic carbocycles. The lowest BCUT2D eigenvalue weighted by molar-refractivity contribution is 0.305. The maximum Gasteiger partial charge on any atom is 0.146 e. The summed E-state index contributed by atoms with van der Waals surface area (Å²) in [5.41, 5.74) is 5.89. The molecule has 4 heteroatoms. The molecule has 0 saturated heterocycles. The van der Waals surface area contributed by atoms with Gasteiger partial charge in [0.1, 0.15) is 11.5 Å². The van der Waals surface area contributed by atoms with E-state index >= 15 is 0 Å². The Kier molecular flexibility index (Phi) is 3.05. The Morgan fingerprint density at radius 1 is 1.42 bits per heavy atom. The van der Waals surface area contributed by atoms with Gasteiger partial charge in [0.25, 0.3) is 0 Å². The van der Waals surface area contributed by atoms with Gasteiger partial charge in [0.05, 0.1) is 6.61 Å². The van der Waals surface area contributed by atoms with Crippen LogP contribution in [0.1, 0.15) is 12.1 Å². The molecule has 0 aromatic carbocycles. The molecule has 0 atom stereocenters. The number of aliphatic hydroxyl groups excluding tert-OH is 1. The van der Waals surface area contributed by atoms with Gasteiger partial charge < -0.3 is 10.8 Å². The van der Waals surface area contributed by atoms with E-state index in [4.69, 9.17) is 10.8 Å². The van der Waals surface area contributed by atoms with Crippen LogP contribution in [0.2, 0.25) is 0 Å². The van der Waals surface area contributed by atoms with E-state index in [1.807, 2.05) is 0 Å². The molecule has 0 bridgehead atoms. The smallest absolute Gasteiger partial charge is 0.146 e. The molecule has 0 aliphatic heterocycles. The van der Waals surface area contributed by atoms with E-state index in [9.17, 15) is 0 Å². The van der Waals surface area contributed by atoms with Crippen molar-refractivity contribution in [3.05, 3.63) is 17.8 Å². The fraction of sp³-hybridized carbons (Fsp3) is 0.250. The van der Waals surface area contributed by atoms with E-state index in [1.165, 1.54) is 0 Å². The third-order valence-corrected chi connectivity index (χ3v) is 1.14. The molecule has 0 fully saturated rings. The molecule has 1 aromatic heterocycles. The summed E-state index contributed by atoms with van der Waals surface area (Å²) >= 11 is 0. The standard InChI is InChI=1S/C8H9N3O/c9-8-5-4-7(10-11-8)3-1-2-6-12/h4-5,12H,2,6H2,(H2,9,11). The highest BCUT2D eigenvalue weighted by molar-refractivity contribution is 5.32. The molecule has 3 N–H and O–H groups in total. The molecule has 0 radical (unpaired) electrons. The van der Waals surface area contributed by atoms with Crippen molar-refractivity contribution in [3.8, 4) is 11.8 Å². The quantitative estimate of drug-likeness (QED) is 0.562. The molecule has 62 valence electrons. The number of nitrogens with two attached hydrogens (primary N) is 1. The summed E-state index contributed by atoms with van der Waals surface area (Å²) in [6.07, 6.45) is 0.450. The molecule has 1 heterocycles. The Hall–Kier alpha value is -1.60. The van der Waals surface area contributed by atoms with Gasteiger partial charge in [-0.05, 0) is 18.1 Å². The first kappa shape index (κ1) is 8.50. The van der Waals surface area contributed by atoms with E-state index in [0.29, 0.717) is 17.9 Å². The van der Waals surface area contributed by atoms with Gasteiger partial charge in [-0.25, -0.2) is 0 Å². The summed E-state index contributed by atoms with van der Waals surface area (Å²) in [5.74, 6) is 5.84. The maximum atomic E-state index is 8.43. The number of nitrogen functional groups attached to an aromatic ring is 1. The molecule has 1 rings (SSSR count). The van der Waals surface area contributed by atoms with Gasteiger partial charge in [-0.2, -0.15) is 0 Å². The monoisotopic (exact) mass is 163 g/mol. The minimum atomic E-state index is 0.0649. The molecule has 0 amide bonds. The first-order chi connectivity index (χ1) is 5.83. The molecular weight excluding hydrogens is 154 g/mol. The predicted molar refractivity (Wildman–Crippen MR) is 45.0 cm³/mol. The minimum absolute atomic E-state index is 0.0649. The number of anilines is 1. The molecule has 0 unspecified atom stereocenters. The van der Waals surface area contributed by atoms with E-state index < -0.39 is 0 Å². The number of rotatable bonds is 1. The third-order valence-electron chi connectivity index (χ3n) is 1.14. The number of hydrogen-bond donors (Lipinski definition) is 2. The van der Waals surface area contributed by atoms with Crippen LogP contribution in [0.25, 0.3) is 0 Å². The van der Waals surface area contributed by atoms with Crippen molar-refractivity contribution in [1.82, 2.24) is 10.2 Å². The van der Waals surface area contributed by atoms with Crippen LogP contribution in [0.4, 0.5) is 5.82 Å². The highest BCUT2D eigenvalue weighted by Crippen LogP contribution is 1.94. The molecule has 0 spiro atoms. The fourth-order valence-electron chi connectivity index (χ4n) is 0.618. The Morgan fingerprint density at radius 3 is 2.83 bits per heavy atom. The molecule has 1 aromatic rings. The molecule has 12 heavy (non-hydrogen) atoms. The van der Waals surface area contributed by atoms with Crippen LogP contribution in [0.5, 0.6) is 0 Å². The largest absolute Gasteiger partial charge is 0.395 e. The van der Waals surface area contributed by atoms with Gasteiger partial charge in [-0.15, -0.1) is 10.2 Å². The van der Waals surface area contributed by atoms with Crippen LogP contribution in [0.15, 0.2) is 12.1 Å². The zero-order valence-corrected chi connectivity index (χ0v) is 6.49. The normalized spacial score (nSPS) is 8.75. The molecule has 4 nitrogen and oxygen atoms in total. The second-order valence-electron chi connectivity index (χ2n) is 2.12. The van der Waals surface area contributed by atoms with Crippen LogP contribution < -0.4 is 5.73 Å². The Morgan fingerprint density at radius 2 is 2.25 bits per heavy atom. The first-order valence-corrected chi connectivity index (χ1v) is 3.52. The average molecular weight is 163 g/mol. The Bertz CT molecular complexity index is 296. The van der Waals surface area contributed by atoms with E-state index in [0.717, 1.165) is 0 Å². The van der Waals surface area contributed by atoms with Gasteiger partial charge in [0.2, 0.25) is 0 Å². The molecule has 0 saturated carbocycles. The van der Waals surface area contributed by atoms with Gasteiger partial charge in [-0.3, -0.25) is 0 Å². The van der Waals surface area contributed by atoms with Crippen LogP contribution in [-0.4, -0.2) is 21.9 Å². The highest BCUT2D eigenvalue weighted by Gasteiger charge is 1.88. The highest BCUT2D eigenvalue weighted by atomic mass is 16.2. The van der Waals surface area contributed by atoms with Crippen molar-refractivity contribution in [2.45, 2.75) is 6.42 Å². The Balaban J connectivity index is 2.66. The predicted octanol–water partition coefficient (Wildman–Crippen LogP) is -0.207. The lowest BCUT2D eigenvalue weighted by Crippen LogP contribution is -1.93. The first-order valence-electron chi connectivity index (χ1n) is 3.52. The minimum Gasteiger partial charge on any atom is -0.395 e. The van der Waals surface area contributed by atoms with Crippen LogP contribution in [-0.2, 0) is 0 Å². The van der Waals surface area contributed by atoms with E-state index in [1.54, 1.807) is 12.1 Å². The third kappa shape index (κ3) is 2.56. The van der Waals surface area contributed by atoms with Gasteiger partial charge in [0, 0.05) is 6.42 Å². The number of aromatic nitrogens is 2. The summed E-state index contributed by atoms with van der Waals surface area (Å²) in [6, 6.07) is 3.32. The van der Waals surface area contributed by atoms with E-state index in [-0.39, 0.29) is 6.61 Å². The lowest BCUT2D eigenvalue weighted by Gasteiger charge is -1.88. The average Bonchev–Trinajstić information content (AvgIpc) is 2.09. The number of hydrogen-bond acceptors (Lipinski definition) is 4. The summed E-state index contributed by atoms with van der Waals surface area (Å²) in [4.78, 5) is 0. The summed E-state index contributed by atoms with van der Waals surface area (Å²) in [7, 11) is 0. The van der Waals surface area contributed by atoms with Crippen molar-refractivity contribution in [2.24, 2.45) is 0 Å². The zero-order chi connectivity index (χ0) is 8.81. The fourth-order valence-corrected chi connectivity index (χ4v) is 0.618. The van der Waals surface area contributed by atoms with Crippen molar-refractivity contribution < 1.29 is 5.11 Å². The molecular formula is C8H9N3O. The van der Waals surface area contributed by atoms with Crippen LogP contribution in [0.3, 0.4) is 0 Å². The van der Waals surface area contributed by atoms with Crippen molar-refractivity contribution in [3.63, 3.8) is 0 Å². The van der Waals surface area contributed by atoms with Crippen LogP contribution in [0, 0.1) is 11.8 Å². The lowest BCUT2D eigenvalue weighted by atomic mass is 10.3. The number of nitrogens with zero attached hydrogens (tertiary/aromatic N) is 2.